The van der Waals surface area contributed by atoms with Crippen LogP contribution in [0.25, 0.3) is 15.3 Å². The maximum absolute atomic E-state index is 12.5. The molecule has 2 aromatic heterocycles. The molecule has 2 heterocycles. The Labute approximate surface area is 187 Å². The number of carbonyl (C=O) groups is 1. The molecule has 0 saturated heterocycles. The van der Waals surface area contributed by atoms with E-state index in [2.05, 4.69) is 10.4 Å². The van der Waals surface area contributed by atoms with Crippen molar-refractivity contribution in [1.29, 1.82) is 0 Å². The molecule has 0 spiro atoms. The van der Waals surface area contributed by atoms with Gasteiger partial charge in [0.15, 0.2) is 0 Å². The zero-order chi connectivity index (χ0) is 21.3. The van der Waals surface area contributed by atoms with E-state index in [9.17, 15) is 4.79 Å². The Balaban J connectivity index is 1.52. The lowest BCUT2D eigenvalue weighted by atomic mass is 10.2. The van der Waals surface area contributed by atoms with Crippen molar-refractivity contribution in [3.8, 4) is 10.9 Å². The number of hydrogen-bond acceptors (Lipinski definition) is 6. The maximum Gasteiger partial charge on any atom is 0.235 e. The fourth-order valence-electron chi connectivity index (χ4n) is 2.92. The summed E-state index contributed by atoms with van der Waals surface area (Å²) in [7, 11) is 1.63. The Bertz CT molecular complexity index is 1180. The summed E-state index contributed by atoms with van der Waals surface area (Å²) in [5.41, 5.74) is 2.68. The van der Waals surface area contributed by atoms with Crippen LogP contribution in [0.1, 0.15) is 11.3 Å². The molecule has 154 valence electrons. The third kappa shape index (κ3) is 4.30. The SMILES string of the molecule is COc1ccc(SCC(=O)Nc2cc(C)nn2-c2nc3c(C)ccc(Cl)c3s2)cc1. The Hall–Kier alpha value is -2.55. The first kappa shape index (κ1) is 20.7. The standard InChI is InChI=1S/C21H19ClN4O2S2/c1-12-4-9-16(22)20-19(12)24-21(30-20)26-17(10-13(2)25-26)23-18(27)11-29-15-7-5-14(28-3)6-8-15/h4-10H,11H2,1-3H3,(H,23,27). The first-order chi connectivity index (χ1) is 14.4. The van der Waals surface area contributed by atoms with Gasteiger partial charge in [-0.2, -0.15) is 9.78 Å². The van der Waals surface area contributed by atoms with E-state index >= 15 is 0 Å². The summed E-state index contributed by atoms with van der Waals surface area (Å²) >= 11 is 9.24. The van der Waals surface area contributed by atoms with Crippen molar-refractivity contribution < 1.29 is 9.53 Å². The van der Waals surface area contributed by atoms with E-state index in [4.69, 9.17) is 21.3 Å². The topological polar surface area (TPSA) is 69.0 Å². The van der Waals surface area contributed by atoms with E-state index in [1.54, 1.807) is 11.8 Å². The Morgan fingerprint density at radius 2 is 2.00 bits per heavy atom. The van der Waals surface area contributed by atoms with Gasteiger partial charge in [-0.05, 0) is 49.7 Å². The van der Waals surface area contributed by atoms with Gasteiger partial charge in [0.1, 0.15) is 11.6 Å². The Morgan fingerprint density at radius 3 is 2.70 bits per heavy atom. The van der Waals surface area contributed by atoms with E-state index in [1.807, 2.05) is 56.3 Å². The molecule has 0 fully saturated rings. The number of amides is 1. The van der Waals surface area contributed by atoms with E-state index in [-0.39, 0.29) is 11.7 Å². The quantitative estimate of drug-likeness (QED) is 0.387. The van der Waals surface area contributed by atoms with Crippen LogP contribution in [0.15, 0.2) is 47.4 Å². The molecule has 0 bridgehead atoms. The number of halogens is 1. The molecule has 4 aromatic rings. The van der Waals surface area contributed by atoms with Crippen LogP contribution >= 0.6 is 34.7 Å². The molecule has 1 amide bonds. The molecule has 30 heavy (non-hydrogen) atoms. The van der Waals surface area contributed by atoms with Gasteiger partial charge in [0, 0.05) is 11.0 Å². The number of benzene rings is 2. The van der Waals surface area contributed by atoms with Gasteiger partial charge in [0.2, 0.25) is 11.0 Å². The van der Waals surface area contributed by atoms with Crippen LogP contribution < -0.4 is 10.1 Å². The second kappa shape index (κ2) is 8.67. The number of methoxy groups -OCH3 is 1. The number of carbonyl (C=O) groups excluding carboxylic acids is 1. The molecule has 0 saturated carbocycles. The molecule has 0 aliphatic carbocycles. The molecule has 0 aliphatic rings. The van der Waals surface area contributed by atoms with Crippen molar-refractivity contribution in [2.45, 2.75) is 18.7 Å². The number of hydrogen-bond donors (Lipinski definition) is 1. The van der Waals surface area contributed by atoms with Crippen molar-refractivity contribution in [3.05, 3.63) is 58.7 Å². The predicted octanol–water partition coefficient (Wildman–Crippen LogP) is 5.49. The number of ether oxygens (including phenoxy) is 1. The molecule has 1 N–H and O–H groups in total. The molecule has 9 heteroatoms. The minimum Gasteiger partial charge on any atom is -0.497 e. The van der Waals surface area contributed by atoms with Gasteiger partial charge < -0.3 is 10.1 Å². The number of thiazole rings is 1. The number of nitrogens with zero attached hydrogens (tertiary/aromatic N) is 3. The van der Waals surface area contributed by atoms with Gasteiger partial charge in [-0.3, -0.25) is 4.79 Å². The maximum atomic E-state index is 12.5. The minimum absolute atomic E-state index is 0.118. The monoisotopic (exact) mass is 458 g/mol. The number of thioether (sulfide) groups is 1. The molecular formula is C21H19ClN4O2S2. The first-order valence-corrected chi connectivity index (χ1v) is 11.3. The van der Waals surface area contributed by atoms with E-state index in [1.165, 1.54) is 23.1 Å². The number of anilines is 1. The molecule has 0 aliphatic heterocycles. The summed E-state index contributed by atoms with van der Waals surface area (Å²) in [6.07, 6.45) is 0. The highest BCUT2D eigenvalue weighted by atomic mass is 35.5. The van der Waals surface area contributed by atoms with Crippen LogP contribution in [-0.4, -0.2) is 33.5 Å². The van der Waals surface area contributed by atoms with Gasteiger partial charge in [-0.1, -0.05) is 29.0 Å². The molecular weight excluding hydrogens is 440 g/mol. The van der Waals surface area contributed by atoms with Crippen LogP contribution in [-0.2, 0) is 4.79 Å². The second-order valence-electron chi connectivity index (χ2n) is 6.63. The van der Waals surface area contributed by atoms with E-state index < -0.39 is 0 Å². The second-order valence-corrected chi connectivity index (χ2v) is 9.07. The Morgan fingerprint density at radius 1 is 1.23 bits per heavy atom. The highest BCUT2D eigenvalue weighted by Gasteiger charge is 2.16. The largest absolute Gasteiger partial charge is 0.497 e. The van der Waals surface area contributed by atoms with Gasteiger partial charge in [0.25, 0.3) is 0 Å². The average Bonchev–Trinajstić information content (AvgIpc) is 3.34. The minimum atomic E-state index is -0.118. The Kier molecular flexibility index (Phi) is 5.99. The zero-order valence-corrected chi connectivity index (χ0v) is 19.0. The summed E-state index contributed by atoms with van der Waals surface area (Å²) < 4.78 is 7.72. The zero-order valence-electron chi connectivity index (χ0n) is 16.6. The van der Waals surface area contributed by atoms with Crippen LogP contribution in [0.4, 0.5) is 5.82 Å². The normalized spacial score (nSPS) is 11.1. The van der Waals surface area contributed by atoms with Crippen LogP contribution in [0.2, 0.25) is 5.02 Å². The molecule has 2 aromatic carbocycles. The highest BCUT2D eigenvalue weighted by molar-refractivity contribution is 8.00. The van der Waals surface area contributed by atoms with Gasteiger partial charge >= 0.3 is 0 Å². The van der Waals surface area contributed by atoms with Crippen molar-refractivity contribution in [3.63, 3.8) is 0 Å². The summed E-state index contributed by atoms with van der Waals surface area (Å²) in [5.74, 6) is 1.53. The first-order valence-electron chi connectivity index (χ1n) is 9.14. The molecule has 4 rings (SSSR count). The van der Waals surface area contributed by atoms with Crippen LogP contribution in [0.5, 0.6) is 5.75 Å². The molecule has 0 atom stereocenters. The van der Waals surface area contributed by atoms with Gasteiger partial charge in [-0.15, -0.1) is 11.8 Å². The number of fused-ring (bicyclic) bond motifs is 1. The fraction of sp³-hybridized carbons (Fsp3) is 0.190. The smallest absolute Gasteiger partial charge is 0.235 e. The lowest BCUT2D eigenvalue weighted by Gasteiger charge is -2.07. The molecule has 0 radical (unpaired) electrons. The summed E-state index contributed by atoms with van der Waals surface area (Å²) in [4.78, 5) is 18.2. The van der Waals surface area contributed by atoms with Crippen LogP contribution in [0.3, 0.4) is 0 Å². The van der Waals surface area contributed by atoms with Crippen molar-refractivity contribution in [2.24, 2.45) is 0 Å². The predicted molar refractivity (Wildman–Crippen MR) is 124 cm³/mol. The van der Waals surface area contributed by atoms with Crippen molar-refractivity contribution in [2.75, 3.05) is 18.2 Å². The number of nitrogens with one attached hydrogen (secondary N) is 1. The fourth-order valence-corrected chi connectivity index (χ4v) is 4.90. The van der Waals surface area contributed by atoms with Crippen molar-refractivity contribution in [1.82, 2.24) is 14.8 Å². The number of aryl methyl sites for hydroxylation is 2. The third-order valence-corrected chi connectivity index (χ3v) is 6.90. The van der Waals surface area contributed by atoms with Gasteiger partial charge in [-0.25, -0.2) is 4.98 Å². The van der Waals surface area contributed by atoms with E-state index in [0.717, 1.165) is 32.1 Å². The summed E-state index contributed by atoms with van der Waals surface area (Å²) in [6.45, 7) is 3.87. The third-order valence-electron chi connectivity index (χ3n) is 4.40. The average molecular weight is 459 g/mol. The lowest BCUT2D eigenvalue weighted by molar-refractivity contribution is -0.113. The highest BCUT2D eigenvalue weighted by Crippen LogP contribution is 2.34. The number of aromatic nitrogens is 3. The van der Waals surface area contributed by atoms with Crippen molar-refractivity contribution >= 4 is 56.6 Å². The summed E-state index contributed by atoms with van der Waals surface area (Å²) in [6, 6.07) is 13.3. The van der Waals surface area contributed by atoms with E-state index in [0.29, 0.717) is 16.0 Å². The van der Waals surface area contributed by atoms with Gasteiger partial charge in [0.05, 0.1) is 33.8 Å². The van der Waals surface area contributed by atoms with Crippen LogP contribution in [0, 0.1) is 13.8 Å². The molecule has 0 unspecified atom stereocenters. The number of rotatable bonds is 6. The molecule has 6 nitrogen and oxygen atoms in total. The summed E-state index contributed by atoms with van der Waals surface area (Å²) in [5, 5.41) is 8.77. The lowest BCUT2D eigenvalue weighted by Crippen LogP contribution is -2.16.